The van der Waals surface area contributed by atoms with Gasteiger partial charge in [-0.2, -0.15) is 0 Å². The van der Waals surface area contributed by atoms with Crippen LogP contribution >= 0.6 is 11.6 Å². The van der Waals surface area contributed by atoms with E-state index in [9.17, 15) is 8.78 Å². The monoisotopic (exact) mass is 246 g/mol. The maximum atomic E-state index is 13.5. The van der Waals surface area contributed by atoms with Crippen molar-refractivity contribution in [3.05, 3.63) is 35.4 Å². The van der Waals surface area contributed by atoms with Gasteiger partial charge in [0, 0.05) is 11.9 Å². The molecule has 1 aromatic rings. The molecule has 1 unspecified atom stereocenters. The van der Waals surface area contributed by atoms with E-state index >= 15 is 0 Å². The Labute approximate surface area is 101 Å². The summed E-state index contributed by atoms with van der Waals surface area (Å²) in [5, 5.41) is 0. The quantitative estimate of drug-likeness (QED) is 0.669. The predicted octanol–water partition coefficient (Wildman–Crippen LogP) is 4.55. The highest BCUT2D eigenvalue weighted by molar-refractivity contribution is 6.18. The Bertz CT molecular complexity index is 352. The smallest absolute Gasteiger partial charge is 0.129 e. The second-order valence-electron chi connectivity index (χ2n) is 4.61. The van der Waals surface area contributed by atoms with Crippen molar-refractivity contribution in [2.75, 3.05) is 5.88 Å². The van der Waals surface area contributed by atoms with Crippen LogP contribution in [0.4, 0.5) is 8.78 Å². The first-order chi connectivity index (χ1) is 7.50. The van der Waals surface area contributed by atoms with Gasteiger partial charge in [0.15, 0.2) is 0 Å². The number of hydrogen-bond acceptors (Lipinski definition) is 0. The zero-order chi connectivity index (χ0) is 12.2. The number of benzene rings is 1. The Hall–Kier alpha value is -0.630. The average Bonchev–Trinajstić information content (AvgIpc) is 2.23. The van der Waals surface area contributed by atoms with Crippen LogP contribution in [0.5, 0.6) is 0 Å². The zero-order valence-corrected chi connectivity index (χ0v) is 10.5. The third kappa shape index (κ3) is 3.44. The maximum Gasteiger partial charge on any atom is 0.129 e. The fourth-order valence-corrected chi connectivity index (χ4v) is 2.16. The van der Waals surface area contributed by atoms with Gasteiger partial charge in [-0.15, -0.1) is 11.6 Å². The Kier molecular flexibility index (Phi) is 4.72. The normalized spacial score (nSPS) is 14.8. The van der Waals surface area contributed by atoms with Crippen molar-refractivity contribution < 1.29 is 8.78 Å². The van der Waals surface area contributed by atoms with Crippen molar-refractivity contribution in [3.8, 4) is 0 Å². The topological polar surface area (TPSA) is 0 Å². The van der Waals surface area contributed by atoms with Crippen molar-refractivity contribution in [2.45, 2.75) is 33.1 Å². The van der Waals surface area contributed by atoms with Crippen LogP contribution in [0.3, 0.4) is 0 Å². The van der Waals surface area contributed by atoms with Crippen LogP contribution < -0.4 is 0 Å². The van der Waals surface area contributed by atoms with Gasteiger partial charge < -0.3 is 0 Å². The molecule has 1 rings (SSSR count). The fourth-order valence-electron chi connectivity index (χ4n) is 1.93. The van der Waals surface area contributed by atoms with E-state index in [0.717, 1.165) is 18.9 Å². The van der Waals surface area contributed by atoms with Gasteiger partial charge in [0.05, 0.1) is 0 Å². The highest BCUT2D eigenvalue weighted by Crippen LogP contribution is 2.30. The minimum absolute atomic E-state index is 0.116. The van der Waals surface area contributed by atoms with Crippen molar-refractivity contribution in [1.82, 2.24) is 0 Å². The molecule has 1 atom stereocenters. The van der Waals surface area contributed by atoms with E-state index in [0.29, 0.717) is 17.9 Å². The molecule has 0 N–H and O–H groups in total. The van der Waals surface area contributed by atoms with E-state index < -0.39 is 11.6 Å². The second kappa shape index (κ2) is 5.62. The molecule has 0 aliphatic heterocycles. The summed E-state index contributed by atoms with van der Waals surface area (Å²) in [4.78, 5) is 0. The van der Waals surface area contributed by atoms with E-state index in [1.807, 2.05) is 6.92 Å². The molecule has 16 heavy (non-hydrogen) atoms. The van der Waals surface area contributed by atoms with Gasteiger partial charge in [-0.25, -0.2) is 8.78 Å². The Balaban J connectivity index is 2.85. The second-order valence-corrected chi connectivity index (χ2v) is 4.87. The Morgan fingerprint density at radius 1 is 1.31 bits per heavy atom. The van der Waals surface area contributed by atoms with E-state index in [4.69, 9.17) is 11.6 Å². The van der Waals surface area contributed by atoms with Crippen LogP contribution in [0.25, 0.3) is 0 Å². The summed E-state index contributed by atoms with van der Waals surface area (Å²) in [5.41, 5.74) is 0.424. The molecule has 3 heteroatoms. The SMILES string of the molecule is CCCC(C)(CCl)Cc1ccc(F)cc1F. The van der Waals surface area contributed by atoms with E-state index in [2.05, 4.69) is 6.92 Å². The third-order valence-corrected chi connectivity index (χ3v) is 3.45. The standard InChI is InChI=1S/C13H17ClF2/c1-3-6-13(2,9-14)8-10-4-5-11(15)7-12(10)16/h4-5,7H,3,6,8-9H2,1-2H3. The highest BCUT2D eigenvalue weighted by atomic mass is 35.5. The van der Waals surface area contributed by atoms with E-state index in [1.165, 1.54) is 12.1 Å². The Morgan fingerprint density at radius 2 is 2.00 bits per heavy atom. The van der Waals surface area contributed by atoms with Crippen LogP contribution in [0, 0.1) is 17.0 Å². The molecule has 0 amide bonds. The summed E-state index contributed by atoms with van der Waals surface area (Å²) in [6.45, 7) is 4.11. The molecule has 0 aromatic heterocycles. The van der Waals surface area contributed by atoms with Crippen LogP contribution in [0.2, 0.25) is 0 Å². The largest absolute Gasteiger partial charge is 0.207 e. The first-order valence-electron chi connectivity index (χ1n) is 5.50. The van der Waals surface area contributed by atoms with Gasteiger partial charge in [-0.3, -0.25) is 0 Å². The molecule has 0 bridgehead atoms. The zero-order valence-electron chi connectivity index (χ0n) is 9.69. The molecule has 90 valence electrons. The van der Waals surface area contributed by atoms with Gasteiger partial charge in [-0.1, -0.05) is 26.3 Å². The molecule has 0 fully saturated rings. The van der Waals surface area contributed by atoms with Gasteiger partial charge in [0.2, 0.25) is 0 Å². The molecule has 0 nitrogen and oxygen atoms in total. The van der Waals surface area contributed by atoms with Gasteiger partial charge in [0.25, 0.3) is 0 Å². The molecule has 0 heterocycles. The highest BCUT2D eigenvalue weighted by Gasteiger charge is 2.24. The first-order valence-corrected chi connectivity index (χ1v) is 6.04. The lowest BCUT2D eigenvalue weighted by molar-refractivity contribution is 0.329. The summed E-state index contributed by atoms with van der Waals surface area (Å²) in [6, 6.07) is 3.72. The van der Waals surface area contributed by atoms with Gasteiger partial charge in [-0.05, 0) is 29.9 Å². The predicted molar refractivity (Wildman–Crippen MR) is 63.8 cm³/mol. The average molecular weight is 247 g/mol. The van der Waals surface area contributed by atoms with Crippen molar-refractivity contribution in [2.24, 2.45) is 5.41 Å². The van der Waals surface area contributed by atoms with Crippen LogP contribution in [0.15, 0.2) is 18.2 Å². The van der Waals surface area contributed by atoms with E-state index in [1.54, 1.807) is 0 Å². The number of rotatable bonds is 5. The first kappa shape index (κ1) is 13.4. The van der Waals surface area contributed by atoms with Crippen molar-refractivity contribution >= 4 is 11.6 Å². The lowest BCUT2D eigenvalue weighted by Gasteiger charge is -2.26. The number of alkyl halides is 1. The summed E-state index contributed by atoms with van der Waals surface area (Å²) < 4.78 is 26.2. The minimum Gasteiger partial charge on any atom is -0.207 e. The summed E-state index contributed by atoms with van der Waals surface area (Å²) in [6.07, 6.45) is 2.50. The van der Waals surface area contributed by atoms with Crippen LogP contribution in [0.1, 0.15) is 32.3 Å². The molecule has 0 aliphatic carbocycles. The van der Waals surface area contributed by atoms with Crippen LogP contribution in [-0.4, -0.2) is 5.88 Å². The molecule has 0 spiro atoms. The molecular formula is C13H17ClF2. The minimum atomic E-state index is -0.538. The number of hydrogen-bond donors (Lipinski definition) is 0. The molecular weight excluding hydrogens is 230 g/mol. The van der Waals surface area contributed by atoms with Crippen molar-refractivity contribution in [3.63, 3.8) is 0 Å². The molecule has 0 aliphatic rings. The number of halogens is 3. The van der Waals surface area contributed by atoms with Crippen molar-refractivity contribution in [1.29, 1.82) is 0 Å². The summed E-state index contributed by atoms with van der Waals surface area (Å²) >= 11 is 5.92. The molecule has 0 saturated heterocycles. The van der Waals surface area contributed by atoms with Crippen LogP contribution in [-0.2, 0) is 6.42 Å². The lowest BCUT2D eigenvalue weighted by Crippen LogP contribution is -2.22. The fraction of sp³-hybridized carbons (Fsp3) is 0.538. The summed E-state index contributed by atoms with van der Waals surface area (Å²) in [5.74, 6) is -0.533. The Morgan fingerprint density at radius 3 is 2.50 bits per heavy atom. The third-order valence-electron chi connectivity index (χ3n) is 2.81. The van der Waals surface area contributed by atoms with Gasteiger partial charge >= 0.3 is 0 Å². The van der Waals surface area contributed by atoms with Gasteiger partial charge in [0.1, 0.15) is 11.6 Å². The maximum absolute atomic E-state index is 13.5. The lowest BCUT2D eigenvalue weighted by atomic mass is 9.81. The summed E-state index contributed by atoms with van der Waals surface area (Å²) in [7, 11) is 0. The molecule has 0 radical (unpaired) electrons. The molecule has 1 aromatic carbocycles. The van der Waals surface area contributed by atoms with E-state index in [-0.39, 0.29) is 5.41 Å². The molecule has 0 saturated carbocycles.